The molecule has 0 aliphatic heterocycles. The number of hydrogen-bond donors (Lipinski definition) is 0. The van der Waals surface area contributed by atoms with Crippen molar-refractivity contribution in [2.24, 2.45) is 35.5 Å². The summed E-state index contributed by atoms with van der Waals surface area (Å²) in [6.07, 6.45) is 1.32. The predicted octanol–water partition coefficient (Wildman–Crippen LogP) is 4.81. The van der Waals surface area contributed by atoms with Gasteiger partial charge in [0.15, 0.2) is 0 Å². The van der Waals surface area contributed by atoms with E-state index in [-0.39, 0.29) is 0 Å². The molecule has 3 nitrogen and oxygen atoms in total. The largest absolute Gasteiger partial charge is 0.357 e. The summed E-state index contributed by atoms with van der Waals surface area (Å²) in [5, 5.41) is 1.05. The van der Waals surface area contributed by atoms with Crippen LogP contribution in [0.3, 0.4) is 0 Å². The third kappa shape index (κ3) is 1.71. The van der Waals surface area contributed by atoms with E-state index >= 15 is 0 Å². The van der Waals surface area contributed by atoms with Crippen LogP contribution in [0.5, 0.6) is 0 Å². The molecule has 5 aliphatic rings. The van der Waals surface area contributed by atoms with Crippen molar-refractivity contribution in [3.8, 4) is 0 Å². The first-order chi connectivity index (χ1) is 11.2. The van der Waals surface area contributed by atoms with Gasteiger partial charge in [-0.25, -0.2) is 0 Å². The van der Waals surface area contributed by atoms with Gasteiger partial charge in [-0.2, -0.15) is 0 Å². The fourth-order valence-corrected chi connectivity index (χ4v) is 8.44. The molecule has 6 unspecified atom stereocenters. The van der Waals surface area contributed by atoms with E-state index in [1.165, 1.54) is 17.6 Å². The molecule has 0 saturated heterocycles. The first-order valence-corrected chi connectivity index (χ1v) is 10.4. The maximum Gasteiger partial charge on any atom is 0.357 e. The highest BCUT2D eigenvalue weighted by atomic mass is 31.2. The van der Waals surface area contributed by atoms with Crippen LogP contribution in [-0.4, -0.2) is 13.2 Å². The van der Waals surface area contributed by atoms with Gasteiger partial charge in [0.1, 0.15) is 0 Å². The van der Waals surface area contributed by atoms with E-state index in [1.54, 1.807) is 0 Å². The van der Waals surface area contributed by atoms with Crippen molar-refractivity contribution < 1.29 is 13.6 Å². The molecule has 5 aliphatic carbocycles. The Kier molecular flexibility index (Phi) is 3.03. The quantitative estimate of drug-likeness (QED) is 0.703. The van der Waals surface area contributed by atoms with Crippen LogP contribution in [0.2, 0.25) is 0 Å². The molecule has 4 saturated carbocycles. The van der Waals surface area contributed by atoms with Gasteiger partial charge in [0, 0.05) is 5.31 Å². The lowest BCUT2D eigenvalue weighted by molar-refractivity contribution is 0.222. The van der Waals surface area contributed by atoms with Crippen molar-refractivity contribution in [2.45, 2.75) is 20.3 Å². The molecule has 1 aromatic rings. The highest BCUT2D eigenvalue weighted by molar-refractivity contribution is 7.58. The molecule has 6 rings (SSSR count). The second-order valence-corrected chi connectivity index (χ2v) is 9.26. The summed E-state index contributed by atoms with van der Waals surface area (Å²) >= 11 is 0. The van der Waals surface area contributed by atoms with Crippen LogP contribution < -0.4 is 0 Å². The highest BCUT2D eigenvalue weighted by Gasteiger charge is 2.79. The molecule has 4 heteroatoms. The fraction of sp³-hybridized carbons (Fsp3) is 0.579. The van der Waals surface area contributed by atoms with Crippen molar-refractivity contribution in [1.29, 1.82) is 0 Å². The fourth-order valence-electron chi connectivity index (χ4n) is 6.10. The maximum atomic E-state index is 13.6. The summed E-state index contributed by atoms with van der Waals surface area (Å²) < 4.78 is 25.1. The minimum absolute atomic E-state index is 0.433. The van der Waals surface area contributed by atoms with Gasteiger partial charge in [0.05, 0.1) is 13.2 Å². The molecule has 6 atom stereocenters. The molecule has 122 valence electrons. The second kappa shape index (κ2) is 4.81. The van der Waals surface area contributed by atoms with Crippen LogP contribution in [0, 0.1) is 35.5 Å². The van der Waals surface area contributed by atoms with E-state index in [0.717, 1.165) is 23.1 Å². The van der Waals surface area contributed by atoms with Crippen LogP contribution in [0.15, 0.2) is 35.6 Å². The molecule has 6 bridgehead atoms. The lowest BCUT2D eigenvalue weighted by atomic mass is 9.90. The van der Waals surface area contributed by atoms with Gasteiger partial charge in [0.2, 0.25) is 0 Å². The van der Waals surface area contributed by atoms with E-state index in [4.69, 9.17) is 9.05 Å². The van der Waals surface area contributed by atoms with E-state index in [1.807, 2.05) is 19.9 Å². The first-order valence-electron chi connectivity index (χ1n) is 8.90. The number of rotatable bonds is 6. The van der Waals surface area contributed by atoms with Crippen LogP contribution in [0.4, 0.5) is 0 Å². The molecule has 0 amide bonds. The van der Waals surface area contributed by atoms with Gasteiger partial charge >= 0.3 is 7.60 Å². The zero-order chi connectivity index (χ0) is 15.8. The lowest BCUT2D eigenvalue weighted by Gasteiger charge is -2.26. The molecule has 1 aromatic carbocycles. The van der Waals surface area contributed by atoms with E-state index < -0.39 is 7.60 Å². The Morgan fingerprint density at radius 1 is 1.00 bits per heavy atom. The van der Waals surface area contributed by atoms with Crippen molar-refractivity contribution >= 4 is 13.2 Å². The standard InChI is InChI=1S/C19H23O3P/c1-3-21-23(20,22-4-2)19-14(11-8-6-5-7-9-11)15-13-10-12-16(15)17(12)18(13)19/h5-9,12-13,15-18H,3-4,10H2,1-2H3. The molecule has 4 fully saturated rings. The Bertz CT molecular complexity index is 715. The SMILES string of the molecule is CCOP(=O)(OCC)C1=C(c2ccccc2)C2C3CC4C2C4C13. The van der Waals surface area contributed by atoms with Crippen LogP contribution in [-0.2, 0) is 13.6 Å². The number of hydrogen-bond acceptors (Lipinski definition) is 3. The third-order valence-electron chi connectivity index (χ3n) is 6.49. The van der Waals surface area contributed by atoms with Crippen LogP contribution in [0.1, 0.15) is 25.8 Å². The van der Waals surface area contributed by atoms with Gasteiger partial charge in [-0.3, -0.25) is 4.57 Å². The molecule has 23 heavy (non-hydrogen) atoms. The van der Waals surface area contributed by atoms with E-state index in [2.05, 4.69) is 24.3 Å². The highest BCUT2D eigenvalue weighted by Crippen LogP contribution is 2.87. The Labute approximate surface area is 137 Å². The van der Waals surface area contributed by atoms with Gasteiger partial charge < -0.3 is 9.05 Å². The lowest BCUT2D eigenvalue weighted by Crippen LogP contribution is -2.10. The van der Waals surface area contributed by atoms with Crippen LogP contribution in [0.25, 0.3) is 5.57 Å². The number of allylic oxidation sites excluding steroid dienone is 2. The molecular formula is C19H23O3P. The minimum atomic E-state index is -3.17. The van der Waals surface area contributed by atoms with Gasteiger partial charge in [0.25, 0.3) is 0 Å². The predicted molar refractivity (Wildman–Crippen MR) is 89.8 cm³/mol. The van der Waals surface area contributed by atoms with Crippen molar-refractivity contribution in [3.05, 3.63) is 41.2 Å². The monoisotopic (exact) mass is 330 g/mol. The van der Waals surface area contributed by atoms with Crippen molar-refractivity contribution in [2.75, 3.05) is 13.2 Å². The topological polar surface area (TPSA) is 35.5 Å². The molecule has 0 heterocycles. The molecule has 0 N–H and O–H groups in total. The summed E-state index contributed by atoms with van der Waals surface area (Å²) in [6, 6.07) is 10.5. The molecule has 0 radical (unpaired) electrons. The van der Waals surface area contributed by atoms with Crippen molar-refractivity contribution in [3.63, 3.8) is 0 Å². The van der Waals surface area contributed by atoms with Gasteiger partial charge in [-0.1, -0.05) is 30.3 Å². The van der Waals surface area contributed by atoms with E-state index in [9.17, 15) is 4.57 Å². The Morgan fingerprint density at radius 3 is 2.26 bits per heavy atom. The average Bonchev–Trinajstić information content (AvgIpc) is 2.89. The molecular weight excluding hydrogens is 307 g/mol. The summed E-state index contributed by atoms with van der Waals surface area (Å²) in [5.74, 6) is 4.23. The third-order valence-corrected chi connectivity index (χ3v) is 8.82. The normalized spacial score (nSPS) is 39.4. The Morgan fingerprint density at radius 2 is 1.65 bits per heavy atom. The smallest absolute Gasteiger partial charge is 0.306 e. The average molecular weight is 330 g/mol. The van der Waals surface area contributed by atoms with Crippen molar-refractivity contribution in [1.82, 2.24) is 0 Å². The van der Waals surface area contributed by atoms with Gasteiger partial charge in [-0.05, 0) is 66.9 Å². The van der Waals surface area contributed by atoms with Gasteiger partial charge in [-0.15, -0.1) is 0 Å². The summed E-state index contributed by atoms with van der Waals surface area (Å²) in [6.45, 7) is 4.67. The molecule has 0 spiro atoms. The minimum Gasteiger partial charge on any atom is -0.306 e. The van der Waals surface area contributed by atoms with E-state index in [0.29, 0.717) is 31.0 Å². The Hall–Kier alpha value is -0.890. The first kappa shape index (κ1) is 14.5. The zero-order valence-electron chi connectivity index (χ0n) is 13.6. The summed E-state index contributed by atoms with van der Waals surface area (Å²) in [7, 11) is -3.17. The summed E-state index contributed by atoms with van der Waals surface area (Å²) in [4.78, 5) is 0. The maximum absolute atomic E-state index is 13.6. The second-order valence-electron chi connectivity index (χ2n) is 7.27. The van der Waals surface area contributed by atoms with Crippen LogP contribution >= 0.6 is 7.60 Å². The number of benzene rings is 1. The summed E-state index contributed by atoms with van der Waals surface area (Å²) in [5.41, 5.74) is 2.54. The zero-order valence-corrected chi connectivity index (χ0v) is 14.5. The Balaban J connectivity index is 1.69. The molecule has 0 aromatic heterocycles.